The Morgan fingerprint density at radius 2 is 1.20 bits per heavy atom. The second-order valence-corrected chi connectivity index (χ2v) is 18.1. The highest BCUT2D eigenvalue weighted by Gasteiger charge is 2.37. The van der Waals surface area contributed by atoms with Crippen molar-refractivity contribution < 1.29 is 4.42 Å². The molecule has 2 aliphatic rings. The number of hydrogen-bond acceptors (Lipinski definition) is 5. The molecule has 3 heterocycles. The van der Waals surface area contributed by atoms with E-state index in [9.17, 15) is 0 Å². The van der Waals surface area contributed by atoms with Crippen LogP contribution in [-0.2, 0) is 11.8 Å². The van der Waals surface area contributed by atoms with Crippen molar-refractivity contribution >= 4 is 53.4 Å². The average molecular weight is 800 g/mol. The molecule has 5 heteroatoms. The molecule has 1 atom stereocenters. The van der Waals surface area contributed by atoms with E-state index in [0.29, 0.717) is 17.5 Å². The lowest BCUT2D eigenvalue weighted by Crippen LogP contribution is -2.17. The molecule has 0 bridgehead atoms. The summed E-state index contributed by atoms with van der Waals surface area (Å²) >= 11 is 1.78. The number of aromatic nitrogens is 3. The molecular weight excluding hydrogens is 763 g/mol. The Labute approximate surface area is 356 Å². The maximum Gasteiger partial charge on any atom is 0.167 e. The van der Waals surface area contributed by atoms with Crippen molar-refractivity contribution in [1.29, 1.82) is 0 Å². The van der Waals surface area contributed by atoms with E-state index in [4.69, 9.17) is 19.4 Å². The summed E-state index contributed by atoms with van der Waals surface area (Å²) in [6.45, 7) is 4.74. The molecule has 61 heavy (non-hydrogen) atoms. The summed E-state index contributed by atoms with van der Waals surface area (Å²) in [7, 11) is 0. The summed E-state index contributed by atoms with van der Waals surface area (Å²) in [4.78, 5) is 15.5. The Balaban J connectivity index is 0.950. The minimum atomic E-state index is -0.0488. The Kier molecular flexibility index (Phi) is 7.32. The van der Waals surface area contributed by atoms with Gasteiger partial charge >= 0.3 is 0 Å². The van der Waals surface area contributed by atoms with Crippen molar-refractivity contribution in [3.05, 3.63) is 198 Å². The smallest absolute Gasteiger partial charge is 0.167 e. The monoisotopic (exact) mass is 799 g/mol. The first-order chi connectivity index (χ1) is 30.0. The van der Waals surface area contributed by atoms with E-state index < -0.39 is 0 Å². The van der Waals surface area contributed by atoms with Gasteiger partial charge in [-0.05, 0) is 92.9 Å². The third kappa shape index (κ3) is 5.14. The zero-order chi connectivity index (χ0) is 40.4. The van der Waals surface area contributed by atoms with Gasteiger partial charge in [0.25, 0.3) is 0 Å². The second-order valence-electron chi connectivity index (χ2n) is 17.1. The minimum Gasteiger partial charge on any atom is -0.455 e. The number of nitrogens with zero attached hydrogens (tertiary/aromatic N) is 3. The molecule has 288 valence electrons. The molecule has 0 spiro atoms. The predicted molar refractivity (Wildman–Crippen MR) is 251 cm³/mol. The zero-order valence-corrected chi connectivity index (χ0v) is 34.4. The van der Waals surface area contributed by atoms with E-state index in [2.05, 4.69) is 166 Å². The first-order valence-corrected chi connectivity index (χ1v) is 21.8. The van der Waals surface area contributed by atoms with Gasteiger partial charge < -0.3 is 4.42 Å². The maximum atomic E-state index is 6.81. The van der Waals surface area contributed by atoms with Crippen LogP contribution in [-0.4, -0.2) is 15.0 Å². The zero-order valence-electron chi connectivity index (χ0n) is 33.6. The van der Waals surface area contributed by atoms with Crippen molar-refractivity contribution in [2.24, 2.45) is 0 Å². The SMILES string of the molecule is CC1(C)c2ccccc2-c2cc3c(cc21)CC(c1ccc2oc4c(-c5nc(-c6ccccc6)nc(-c6cccc7c6sc6ccccc67)n5)cccc4c2c1)c1ccccc1-3. The lowest BCUT2D eigenvalue weighted by atomic mass is 9.73. The fourth-order valence-electron chi connectivity index (χ4n) is 10.4. The Hall–Kier alpha value is -7.21. The Bertz CT molecular complexity index is 3620. The summed E-state index contributed by atoms with van der Waals surface area (Å²) < 4.78 is 9.22. The van der Waals surface area contributed by atoms with Gasteiger partial charge in [0.05, 0.1) is 5.56 Å². The lowest BCUT2D eigenvalue weighted by Gasteiger charge is -2.30. The number of fused-ring (bicyclic) bond motifs is 12. The van der Waals surface area contributed by atoms with Crippen LogP contribution in [0.2, 0.25) is 0 Å². The largest absolute Gasteiger partial charge is 0.455 e. The third-order valence-corrected chi connectivity index (χ3v) is 14.6. The van der Waals surface area contributed by atoms with Gasteiger partial charge in [-0.15, -0.1) is 11.3 Å². The molecule has 2 aliphatic carbocycles. The van der Waals surface area contributed by atoms with Crippen LogP contribution in [0.25, 0.3) is 98.5 Å². The van der Waals surface area contributed by atoms with Crippen molar-refractivity contribution in [1.82, 2.24) is 15.0 Å². The summed E-state index contributed by atoms with van der Waals surface area (Å²) in [5.41, 5.74) is 16.6. The van der Waals surface area contributed by atoms with Gasteiger partial charge in [0.2, 0.25) is 0 Å². The first kappa shape index (κ1) is 34.6. The third-order valence-electron chi connectivity index (χ3n) is 13.3. The lowest BCUT2D eigenvalue weighted by molar-refractivity contribution is 0.657. The summed E-state index contributed by atoms with van der Waals surface area (Å²) in [5, 5.41) is 4.59. The highest BCUT2D eigenvalue weighted by Crippen LogP contribution is 2.53. The highest BCUT2D eigenvalue weighted by molar-refractivity contribution is 7.26. The van der Waals surface area contributed by atoms with E-state index in [1.807, 2.05) is 18.2 Å². The molecule has 4 nitrogen and oxygen atoms in total. The molecule has 0 radical (unpaired) electrons. The number of rotatable bonds is 4. The Morgan fingerprint density at radius 1 is 0.508 bits per heavy atom. The van der Waals surface area contributed by atoms with E-state index in [-0.39, 0.29) is 11.3 Å². The topological polar surface area (TPSA) is 51.8 Å². The Morgan fingerprint density at radius 3 is 2.08 bits per heavy atom. The molecule has 0 N–H and O–H groups in total. The second kappa shape index (κ2) is 12.9. The first-order valence-electron chi connectivity index (χ1n) is 21.0. The van der Waals surface area contributed by atoms with Crippen LogP contribution < -0.4 is 0 Å². The highest BCUT2D eigenvalue weighted by atomic mass is 32.1. The number of hydrogen-bond donors (Lipinski definition) is 0. The van der Waals surface area contributed by atoms with Crippen LogP contribution in [0.15, 0.2) is 174 Å². The molecule has 8 aromatic carbocycles. The van der Waals surface area contributed by atoms with Gasteiger partial charge in [0, 0.05) is 53.4 Å². The molecular formula is C56H37N3OS. The normalized spacial score (nSPS) is 15.0. The predicted octanol–water partition coefficient (Wildman–Crippen LogP) is 14.8. The summed E-state index contributed by atoms with van der Waals surface area (Å²) in [5.74, 6) is 2.05. The van der Waals surface area contributed by atoms with Crippen LogP contribution in [0.4, 0.5) is 0 Å². The van der Waals surface area contributed by atoms with Crippen LogP contribution in [0, 0.1) is 0 Å². The van der Waals surface area contributed by atoms with E-state index in [1.165, 1.54) is 70.2 Å². The van der Waals surface area contributed by atoms with Crippen LogP contribution in [0.1, 0.15) is 47.6 Å². The van der Waals surface area contributed by atoms with Crippen LogP contribution in [0.3, 0.4) is 0 Å². The molecule has 13 rings (SSSR count). The van der Waals surface area contributed by atoms with Crippen molar-refractivity contribution in [2.75, 3.05) is 0 Å². The molecule has 0 fully saturated rings. The molecule has 3 aromatic heterocycles. The number of thiophene rings is 1. The van der Waals surface area contributed by atoms with Crippen molar-refractivity contribution in [3.63, 3.8) is 0 Å². The minimum absolute atomic E-state index is 0.0488. The van der Waals surface area contributed by atoms with Crippen LogP contribution in [0.5, 0.6) is 0 Å². The number of benzene rings is 8. The van der Waals surface area contributed by atoms with Gasteiger partial charge in [-0.3, -0.25) is 0 Å². The van der Waals surface area contributed by atoms with Gasteiger partial charge in [-0.25, -0.2) is 15.0 Å². The van der Waals surface area contributed by atoms with E-state index in [0.717, 1.165) is 45.0 Å². The number of furan rings is 1. The van der Waals surface area contributed by atoms with Crippen molar-refractivity contribution in [3.8, 4) is 56.4 Å². The fourth-order valence-corrected chi connectivity index (χ4v) is 11.6. The average Bonchev–Trinajstić information content (AvgIpc) is 3.95. The van der Waals surface area contributed by atoms with Gasteiger partial charge in [0.15, 0.2) is 17.5 Å². The van der Waals surface area contributed by atoms with Gasteiger partial charge in [-0.2, -0.15) is 0 Å². The summed E-state index contributed by atoms with van der Waals surface area (Å²) in [6, 6.07) is 61.2. The van der Waals surface area contributed by atoms with E-state index in [1.54, 1.807) is 11.3 Å². The molecule has 0 saturated carbocycles. The van der Waals surface area contributed by atoms with Gasteiger partial charge in [0.1, 0.15) is 11.2 Å². The molecule has 1 unspecified atom stereocenters. The van der Waals surface area contributed by atoms with Crippen molar-refractivity contribution in [2.45, 2.75) is 31.6 Å². The fraction of sp³-hybridized carbons (Fsp3) is 0.0893. The van der Waals surface area contributed by atoms with Crippen LogP contribution >= 0.6 is 11.3 Å². The molecule has 0 amide bonds. The molecule has 0 aliphatic heterocycles. The quantitative estimate of drug-likeness (QED) is 0.178. The van der Waals surface area contributed by atoms with Gasteiger partial charge in [-0.1, -0.05) is 147 Å². The van der Waals surface area contributed by atoms with E-state index >= 15 is 0 Å². The molecule has 0 saturated heterocycles. The number of para-hydroxylation sites is 1. The summed E-state index contributed by atoms with van der Waals surface area (Å²) in [6.07, 6.45) is 0.932. The standard InChI is InChI=1S/C56H37N3OS/c1-56(2)47-24-10-8-18-37(47)45-31-44-34(30-48(45)56)29-43(35-16-6-7-17-36(35)44)33-26-27-49-46(28-33)39-20-12-22-41(51(39)60-49)54-57-53(32-14-4-3-5-15-32)58-55(59-54)42-23-13-21-40-38-19-9-11-25-50(38)61-52(40)42/h3-28,30-31,43H,29H2,1-2H3. The maximum absolute atomic E-state index is 6.81. The molecule has 11 aromatic rings.